The molecule has 190 valence electrons. The van der Waals surface area contributed by atoms with E-state index in [1.807, 2.05) is 56.9 Å². The number of hydrogen-bond acceptors (Lipinski definition) is 3. The Morgan fingerprint density at radius 3 is 2.76 bits per heavy atom. The van der Waals surface area contributed by atoms with Gasteiger partial charge in [0.25, 0.3) is 5.91 Å². The van der Waals surface area contributed by atoms with Crippen LogP contribution in [0.2, 0.25) is 0 Å². The highest BCUT2D eigenvalue weighted by molar-refractivity contribution is 6.32. The molecule has 1 saturated heterocycles. The van der Waals surface area contributed by atoms with Crippen molar-refractivity contribution in [2.24, 2.45) is 0 Å². The molecular formula is C30H28N6O2. The Labute approximate surface area is 220 Å². The number of nitrogens with one attached hydrogen (secondary N) is 1. The van der Waals surface area contributed by atoms with Gasteiger partial charge in [-0.15, -0.1) is 6.42 Å². The summed E-state index contributed by atoms with van der Waals surface area (Å²) < 4.78 is 4.20. The predicted molar refractivity (Wildman–Crippen MR) is 146 cm³/mol. The first-order valence-corrected chi connectivity index (χ1v) is 13.2. The number of amides is 3. The van der Waals surface area contributed by atoms with Crippen molar-refractivity contribution in [3.05, 3.63) is 71.3 Å². The van der Waals surface area contributed by atoms with Gasteiger partial charge in [-0.1, -0.05) is 12.0 Å². The lowest BCUT2D eigenvalue weighted by Crippen LogP contribution is -2.45. The first kappa shape index (κ1) is 22.7. The summed E-state index contributed by atoms with van der Waals surface area (Å²) in [4.78, 5) is 35.1. The van der Waals surface area contributed by atoms with Crippen LogP contribution in [0.3, 0.4) is 0 Å². The summed E-state index contributed by atoms with van der Waals surface area (Å²) in [5, 5.41) is 3.98. The number of fused-ring (bicyclic) bond motifs is 1. The van der Waals surface area contributed by atoms with E-state index in [1.165, 1.54) is 6.42 Å². The quantitative estimate of drug-likeness (QED) is 0.423. The average Bonchev–Trinajstić information content (AvgIpc) is 3.61. The lowest BCUT2D eigenvalue weighted by atomic mass is 9.97. The molecule has 0 spiro atoms. The van der Waals surface area contributed by atoms with Gasteiger partial charge in [0, 0.05) is 73.7 Å². The number of pyridine rings is 1. The van der Waals surface area contributed by atoms with Crippen LogP contribution in [-0.4, -0.2) is 61.9 Å². The molecule has 3 aliphatic heterocycles. The molecule has 0 saturated carbocycles. The largest absolute Gasteiger partial charge is 0.348 e. The molecule has 4 aromatic rings. The number of terminal acetylenes is 1. The summed E-state index contributed by atoms with van der Waals surface area (Å²) >= 11 is 0. The van der Waals surface area contributed by atoms with Crippen LogP contribution in [0.1, 0.15) is 41.6 Å². The SMILES string of the molecule is C#Cc1cc2c3c(c1)c(C1=C(c4cnc5ccccn45)CNC1=O)cn3CCN(C(=O)N1CCCCC1)C2. The minimum absolute atomic E-state index is 0.0997. The maximum absolute atomic E-state index is 13.4. The highest BCUT2D eigenvalue weighted by Gasteiger charge is 2.32. The number of carbonyl (C=O) groups is 2. The Hall–Kier alpha value is -4.51. The van der Waals surface area contributed by atoms with E-state index in [-0.39, 0.29) is 11.9 Å². The second-order valence-corrected chi connectivity index (χ2v) is 10.3. The van der Waals surface area contributed by atoms with Gasteiger partial charge in [0.05, 0.1) is 23.0 Å². The number of carbonyl (C=O) groups excluding carboxylic acids is 2. The molecular weight excluding hydrogens is 476 g/mol. The highest BCUT2D eigenvalue weighted by Crippen LogP contribution is 2.38. The molecule has 0 aliphatic carbocycles. The molecule has 1 aromatic carbocycles. The Balaban J connectivity index is 1.37. The number of aromatic nitrogens is 3. The average molecular weight is 505 g/mol. The lowest BCUT2D eigenvalue weighted by Gasteiger charge is -2.32. The van der Waals surface area contributed by atoms with E-state index in [4.69, 9.17) is 6.42 Å². The summed E-state index contributed by atoms with van der Waals surface area (Å²) in [6.45, 7) is 3.82. The second kappa shape index (κ2) is 8.80. The van der Waals surface area contributed by atoms with E-state index < -0.39 is 0 Å². The van der Waals surface area contributed by atoms with Crippen LogP contribution in [0.15, 0.2) is 48.9 Å². The normalized spacial score (nSPS) is 17.7. The van der Waals surface area contributed by atoms with Crippen molar-refractivity contribution < 1.29 is 9.59 Å². The summed E-state index contributed by atoms with van der Waals surface area (Å²) in [6.07, 6.45) is 15.1. The van der Waals surface area contributed by atoms with E-state index in [0.29, 0.717) is 31.8 Å². The summed E-state index contributed by atoms with van der Waals surface area (Å²) in [6, 6.07) is 9.98. The summed E-state index contributed by atoms with van der Waals surface area (Å²) in [5.41, 5.74) is 6.96. The number of benzene rings is 1. The molecule has 0 radical (unpaired) electrons. The molecule has 0 bridgehead atoms. The van der Waals surface area contributed by atoms with Crippen molar-refractivity contribution in [3.8, 4) is 12.3 Å². The maximum Gasteiger partial charge on any atom is 0.320 e. The van der Waals surface area contributed by atoms with Crippen LogP contribution in [0.5, 0.6) is 0 Å². The smallest absolute Gasteiger partial charge is 0.320 e. The fourth-order valence-corrected chi connectivity index (χ4v) is 6.21. The Morgan fingerprint density at radius 1 is 1.05 bits per heavy atom. The Bertz CT molecular complexity index is 1690. The molecule has 3 aliphatic rings. The fraction of sp³-hybridized carbons (Fsp3) is 0.300. The number of rotatable bonds is 2. The molecule has 8 heteroatoms. The standard InChI is InChI=1S/C30H28N6O2/c1-2-20-14-21-18-35(30(38)33-9-5-3-6-10-33)13-12-34-19-24(22(15-20)28(21)34)27-23(16-32-29(27)37)25-17-31-26-8-4-7-11-36(25)26/h1,4,7-8,11,14-15,17,19H,3,5-6,9-10,12-13,16,18H2,(H,32,37). The molecule has 3 amide bonds. The monoisotopic (exact) mass is 504 g/mol. The lowest BCUT2D eigenvalue weighted by molar-refractivity contribution is -0.114. The predicted octanol–water partition coefficient (Wildman–Crippen LogP) is 3.73. The van der Waals surface area contributed by atoms with Crippen molar-refractivity contribution in [2.75, 3.05) is 26.2 Å². The van der Waals surface area contributed by atoms with E-state index in [2.05, 4.69) is 27.0 Å². The Kier molecular flexibility index (Phi) is 5.25. The molecule has 0 unspecified atom stereocenters. The number of urea groups is 1. The third-order valence-electron chi connectivity index (χ3n) is 8.04. The third-order valence-corrected chi connectivity index (χ3v) is 8.04. The van der Waals surface area contributed by atoms with Gasteiger partial charge in [0.1, 0.15) is 5.65 Å². The topological polar surface area (TPSA) is 74.9 Å². The van der Waals surface area contributed by atoms with E-state index in [1.54, 1.807) is 0 Å². The molecule has 38 heavy (non-hydrogen) atoms. The van der Waals surface area contributed by atoms with E-state index in [9.17, 15) is 9.59 Å². The van der Waals surface area contributed by atoms with E-state index >= 15 is 0 Å². The van der Waals surface area contributed by atoms with Crippen LogP contribution in [0.25, 0.3) is 27.7 Å². The molecule has 8 nitrogen and oxygen atoms in total. The molecule has 0 atom stereocenters. The maximum atomic E-state index is 13.4. The summed E-state index contributed by atoms with van der Waals surface area (Å²) in [7, 11) is 0. The Morgan fingerprint density at radius 2 is 1.92 bits per heavy atom. The van der Waals surface area contributed by atoms with Crippen LogP contribution in [0.4, 0.5) is 4.79 Å². The number of imidazole rings is 1. The van der Waals surface area contributed by atoms with Gasteiger partial charge in [0.2, 0.25) is 0 Å². The van der Waals surface area contributed by atoms with Gasteiger partial charge in [0.15, 0.2) is 0 Å². The third kappa shape index (κ3) is 3.50. The molecule has 7 rings (SSSR count). The van der Waals surface area contributed by atoms with Gasteiger partial charge in [-0.05, 0) is 49.1 Å². The zero-order chi connectivity index (χ0) is 25.8. The van der Waals surface area contributed by atoms with Gasteiger partial charge in [-0.25, -0.2) is 9.78 Å². The van der Waals surface area contributed by atoms with Crippen LogP contribution in [-0.2, 0) is 17.9 Å². The van der Waals surface area contributed by atoms with Gasteiger partial charge in [-0.3, -0.25) is 9.20 Å². The van der Waals surface area contributed by atoms with Gasteiger partial charge < -0.3 is 19.7 Å². The number of piperidine rings is 1. The number of hydrogen-bond donors (Lipinski definition) is 1. The number of nitrogens with zero attached hydrogens (tertiary/aromatic N) is 5. The molecule has 1 fully saturated rings. The highest BCUT2D eigenvalue weighted by atomic mass is 16.2. The zero-order valence-corrected chi connectivity index (χ0v) is 21.1. The first-order chi connectivity index (χ1) is 18.6. The van der Waals surface area contributed by atoms with Crippen LogP contribution in [0, 0.1) is 12.3 Å². The van der Waals surface area contributed by atoms with Gasteiger partial charge >= 0.3 is 6.03 Å². The summed E-state index contributed by atoms with van der Waals surface area (Å²) in [5.74, 6) is 2.69. The van der Waals surface area contributed by atoms with Crippen molar-refractivity contribution in [2.45, 2.75) is 32.4 Å². The second-order valence-electron chi connectivity index (χ2n) is 10.3. The zero-order valence-electron chi connectivity index (χ0n) is 21.1. The van der Waals surface area contributed by atoms with Crippen LogP contribution >= 0.6 is 0 Å². The van der Waals surface area contributed by atoms with Crippen molar-refractivity contribution in [1.29, 1.82) is 0 Å². The number of likely N-dealkylation sites (tertiary alicyclic amines) is 1. The van der Waals surface area contributed by atoms with Crippen LogP contribution < -0.4 is 5.32 Å². The first-order valence-electron chi connectivity index (χ1n) is 13.2. The van der Waals surface area contributed by atoms with Crippen molar-refractivity contribution in [3.63, 3.8) is 0 Å². The van der Waals surface area contributed by atoms with Crippen molar-refractivity contribution in [1.82, 2.24) is 29.1 Å². The van der Waals surface area contributed by atoms with Crippen molar-refractivity contribution >= 4 is 39.6 Å². The minimum atomic E-state index is -0.100. The van der Waals surface area contributed by atoms with E-state index in [0.717, 1.165) is 70.4 Å². The fourth-order valence-electron chi connectivity index (χ4n) is 6.21. The molecule has 3 aromatic heterocycles. The minimum Gasteiger partial charge on any atom is -0.348 e. The van der Waals surface area contributed by atoms with Gasteiger partial charge in [-0.2, -0.15) is 0 Å². The molecule has 1 N–H and O–H groups in total. The molecule has 6 heterocycles.